The van der Waals surface area contributed by atoms with Crippen molar-refractivity contribution in [3.63, 3.8) is 0 Å². The minimum absolute atomic E-state index is 0.818. The Morgan fingerprint density at radius 2 is 1.36 bits per heavy atom. The van der Waals surface area contributed by atoms with E-state index >= 15 is 0 Å². The summed E-state index contributed by atoms with van der Waals surface area (Å²) in [6, 6.07) is 18.1. The maximum Gasteiger partial charge on any atom is 0.169 e. The maximum absolute atomic E-state index is 5.27. The number of hydrogen-bond acceptors (Lipinski definition) is 4. The number of methoxy groups -OCH3 is 2. The van der Waals surface area contributed by atoms with Gasteiger partial charge in [0.25, 0.3) is 0 Å². The number of nitrogens with zero attached hydrogens (tertiary/aromatic N) is 3. The molecular weight excluding hydrogens is 314 g/mol. The summed E-state index contributed by atoms with van der Waals surface area (Å²) < 4.78 is 12.5. The predicted octanol–water partition coefficient (Wildman–Crippen LogP) is 4.08. The van der Waals surface area contributed by atoms with E-state index in [2.05, 4.69) is 16.3 Å². The number of hydrogen-bond donors (Lipinski definition) is 0. The lowest BCUT2D eigenvalue weighted by molar-refractivity contribution is 0.414. The molecule has 0 N–H and O–H groups in total. The second-order valence-corrected chi connectivity index (χ2v) is 5.62. The zero-order chi connectivity index (χ0) is 17.2. The standard InChI is InChI=1S/C20H17N3O2/c1-24-16-7-3-14(4-8-16)18-11-12-23-13-21-22-20(23)19(18)15-5-9-17(25-2)10-6-15/h3-13H,1-2H3. The molecular formula is C20H17N3O2. The highest BCUT2D eigenvalue weighted by Gasteiger charge is 2.14. The van der Waals surface area contributed by atoms with E-state index in [9.17, 15) is 0 Å². The van der Waals surface area contributed by atoms with Gasteiger partial charge in [-0.1, -0.05) is 24.3 Å². The smallest absolute Gasteiger partial charge is 0.169 e. The van der Waals surface area contributed by atoms with Crippen molar-refractivity contribution in [3.05, 3.63) is 67.1 Å². The first kappa shape index (κ1) is 15.2. The van der Waals surface area contributed by atoms with E-state index in [-0.39, 0.29) is 0 Å². The Balaban J connectivity index is 1.93. The molecule has 0 bridgehead atoms. The van der Waals surface area contributed by atoms with Crippen molar-refractivity contribution in [2.75, 3.05) is 14.2 Å². The number of ether oxygens (including phenoxy) is 2. The lowest BCUT2D eigenvalue weighted by Gasteiger charge is -2.12. The van der Waals surface area contributed by atoms with E-state index < -0.39 is 0 Å². The summed E-state index contributed by atoms with van der Waals surface area (Å²) >= 11 is 0. The van der Waals surface area contributed by atoms with Gasteiger partial charge in [-0.25, -0.2) is 0 Å². The topological polar surface area (TPSA) is 48.7 Å². The van der Waals surface area contributed by atoms with Crippen molar-refractivity contribution in [2.45, 2.75) is 0 Å². The number of fused-ring (bicyclic) bond motifs is 1. The van der Waals surface area contributed by atoms with Gasteiger partial charge in [-0.3, -0.25) is 4.40 Å². The molecule has 5 heteroatoms. The van der Waals surface area contributed by atoms with Crippen molar-refractivity contribution in [3.8, 4) is 33.8 Å². The van der Waals surface area contributed by atoms with Crippen LogP contribution in [0.2, 0.25) is 0 Å². The Bertz CT molecular complexity index is 1010. The molecule has 124 valence electrons. The van der Waals surface area contributed by atoms with E-state index in [1.807, 2.05) is 59.1 Å². The van der Waals surface area contributed by atoms with E-state index in [1.54, 1.807) is 20.5 Å². The van der Waals surface area contributed by atoms with Gasteiger partial charge in [0.2, 0.25) is 0 Å². The highest BCUT2D eigenvalue weighted by atomic mass is 16.5. The minimum atomic E-state index is 0.818. The molecule has 0 aliphatic carbocycles. The van der Waals surface area contributed by atoms with Crippen LogP contribution in [0.4, 0.5) is 0 Å². The van der Waals surface area contributed by atoms with Gasteiger partial charge in [0.05, 0.1) is 14.2 Å². The summed E-state index contributed by atoms with van der Waals surface area (Å²) in [4.78, 5) is 0. The third kappa shape index (κ3) is 2.70. The zero-order valence-corrected chi connectivity index (χ0v) is 14.0. The number of pyridine rings is 1. The molecule has 4 aromatic rings. The molecule has 0 saturated heterocycles. The molecule has 2 heterocycles. The summed E-state index contributed by atoms with van der Waals surface area (Å²) in [5, 5.41) is 8.37. The monoisotopic (exact) mass is 331 g/mol. The van der Waals surface area contributed by atoms with E-state index in [0.717, 1.165) is 39.4 Å². The van der Waals surface area contributed by atoms with Crippen molar-refractivity contribution >= 4 is 5.65 Å². The Morgan fingerprint density at radius 3 is 1.96 bits per heavy atom. The molecule has 0 aliphatic heterocycles. The van der Waals surface area contributed by atoms with Crippen LogP contribution >= 0.6 is 0 Å². The predicted molar refractivity (Wildman–Crippen MR) is 97.0 cm³/mol. The van der Waals surface area contributed by atoms with Crippen LogP contribution in [0.1, 0.15) is 0 Å². The third-order valence-corrected chi connectivity index (χ3v) is 4.25. The van der Waals surface area contributed by atoms with Gasteiger partial charge >= 0.3 is 0 Å². The molecule has 0 radical (unpaired) electrons. The Labute approximate surface area is 145 Å². The first-order valence-corrected chi connectivity index (χ1v) is 7.91. The highest BCUT2D eigenvalue weighted by Crippen LogP contribution is 2.36. The highest BCUT2D eigenvalue weighted by molar-refractivity contribution is 5.91. The summed E-state index contributed by atoms with van der Waals surface area (Å²) in [5.74, 6) is 1.65. The van der Waals surface area contributed by atoms with Gasteiger partial charge < -0.3 is 9.47 Å². The normalized spacial score (nSPS) is 10.8. The number of rotatable bonds is 4. The largest absolute Gasteiger partial charge is 0.497 e. The van der Waals surface area contributed by atoms with Crippen LogP contribution in [0.15, 0.2) is 67.1 Å². The Kier molecular flexibility index (Phi) is 3.82. The van der Waals surface area contributed by atoms with Gasteiger partial charge in [0.1, 0.15) is 17.8 Å². The number of benzene rings is 2. The molecule has 0 unspecified atom stereocenters. The average Bonchev–Trinajstić information content (AvgIpc) is 3.16. The summed E-state index contributed by atoms with van der Waals surface area (Å²) in [6.07, 6.45) is 3.68. The van der Waals surface area contributed by atoms with Crippen molar-refractivity contribution in [2.24, 2.45) is 0 Å². The molecule has 25 heavy (non-hydrogen) atoms. The third-order valence-electron chi connectivity index (χ3n) is 4.25. The van der Waals surface area contributed by atoms with Gasteiger partial charge in [-0.05, 0) is 47.0 Å². The molecule has 0 fully saturated rings. The molecule has 0 amide bonds. The van der Waals surface area contributed by atoms with Crippen LogP contribution in [0.5, 0.6) is 11.5 Å². The van der Waals surface area contributed by atoms with E-state index in [0.29, 0.717) is 0 Å². The van der Waals surface area contributed by atoms with Crippen LogP contribution in [0, 0.1) is 0 Å². The molecule has 0 atom stereocenters. The van der Waals surface area contributed by atoms with E-state index in [4.69, 9.17) is 9.47 Å². The lowest BCUT2D eigenvalue weighted by Crippen LogP contribution is -1.93. The Hall–Kier alpha value is -3.34. The maximum atomic E-state index is 5.27. The van der Waals surface area contributed by atoms with E-state index in [1.165, 1.54) is 0 Å². The van der Waals surface area contributed by atoms with Crippen molar-refractivity contribution in [1.29, 1.82) is 0 Å². The van der Waals surface area contributed by atoms with Crippen LogP contribution in [-0.2, 0) is 0 Å². The van der Waals surface area contributed by atoms with Gasteiger partial charge in [-0.2, -0.15) is 0 Å². The lowest BCUT2D eigenvalue weighted by atomic mass is 9.95. The average molecular weight is 331 g/mol. The van der Waals surface area contributed by atoms with Gasteiger partial charge in [0, 0.05) is 11.8 Å². The first-order valence-electron chi connectivity index (χ1n) is 7.91. The molecule has 0 spiro atoms. The summed E-state index contributed by atoms with van der Waals surface area (Å²) in [7, 11) is 3.33. The fraction of sp³-hybridized carbons (Fsp3) is 0.100. The van der Waals surface area contributed by atoms with Crippen LogP contribution in [0.3, 0.4) is 0 Å². The molecule has 2 aromatic heterocycles. The molecule has 2 aromatic carbocycles. The molecule has 0 aliphatic rings. The summed E-state index contributed by atoms with van der Waals surface area (Å²) in [5.41, 5.74) is 5.10. The minimum Gasteiger partial charge on any atom is -0.497 e. The van der Waals surface area contributed by atoms with Crippen LogP contribution in [-0.4, -0.2) is 28.8 Å². The summed E-state index contributed by atoms with van der Waals surface area (Å²) in [6.45, 7) is 0. The first-order chi connectivity index (χ1) is 12.3. The van der Waals surface area contributed by atoms with Gasteiger partial charge in [-0.15, -0.1) is 10.2 Å². The van der Waals surface area contributed by atoms with Crippen molar-refractivity contribution < 1.29 is 9.47 Å². The molecule has 4 rings (SSSR count). The van der Waals surface area contributed by atoms with Crippen LogP contribution < -0.4 is 9.47 Å². The molecule has 0 saturated carbocycles. The van der Waals surface area contributed by atoms with Crippen molar-refractivity contribution in [1.82, 2.24) is 14.6 Å². The fourth-order valence-corrected chi connectivity index (χ4v) is 2.94. The SMILES string of the molecule is COc1ccc(-c2ccn3cnnc3c2-c2ccc(OC)cc2)cc1. The second kappa shape index (κ2) is 6.28. The van der Waals surface area contributed by atoms with Gasteiger partial charge in [0.15, 0.2) is 5.65 Å². The van der Waals surface area contributed by atoms with Crippen LogP contribution in [0.25, 0.3) is 27.9 Å². The number of aromatic nitrogens is 3. The quantitative estimate of drug-likeness (QED) is 0.565. The molecule has 5 nitrogen and oxygen atoms in total. The second-order valence-electron chi connectivity index (χ2n) is 5.62. The fourth-order valence-electron chi connectivity index (χ4n) is 2.94. The Morgan fingerprint density at radius 1 is 0.760 bits per heavy atom. The zero-order valence-electron chi connectivity index (χ0n) is 14.0.